The fourth-order valence-corrected chi connectivity index (χ4v) is 6.40. The minimum atomic E-state index is -1.59. The highest BCUT2D eigenvalue weighted by molar-refractivity contribution is 5.70. The second-order valence-electron chi connectivity index (χ2n) is 14.8. The van der Waals surface area contributed by atoms with Crippen molar-refractivity contribution in [3.63, 3.8) is 0 Å². The summed E-state index contributed by atoms with van der Waals surface area (Å²) in [5.41, 5.74) is 0. The standard InChI is InChI=1S/C43H78O10/c1-3-5-7-9-11-13-15-17-18-20-21-23-25-27-29-31-38(45)50-34-36(35-51-43-42(49)41(48)40(47)37(33-44)53-43)52-39(46)32-30-28-26-24-22-19-16-14-12-10-8-6-4-2/h8,10,14,16,36-37,40-44,47-49H,3-7,9,11-13,15,17-35H2,1-2H3/b10-8-,16-14-. The number of carbonyl (C=O) groups excluding carboxylic acids is 2. The number of esters is 2. The van der Waals surface area contributed by atoms with Gasteiger partial charge in [0, 0.05) is 12.8 Å². The Morgan fingerprint density at radius 1 is 0.585 bits per heavy atom. The van der Waals surface area contributed by atoms with Gasteiger partial charge in [0.15, 0.2) is 12.4 Å². The fourth-order valence-electron chi connectivity index (χ4n) is 6.40. The van der Waals surface area contributed by atoms with Gasteiger partial charge in [-0.05, 0) is 38.5 Å². The van der Waals surface area contributed by atoms with Crippen LogP contribution in [0.25, 0.3) is 0 Å². The second kappa shape index (κ2) is 34.7. The lowest BCUT2D eigenvalue weighted by atomic mass is 9.99. The fraction of sp³-hybridized carbons (Fsp3) is 0.860. The van der Waals surface area contributed by atoms with E-state index in [-0.39, 0.29) is 32.0 Å². The first-order valence-electron chi connectivity index (χ1n) is 21.4. The van der Waals surface area contributed by atoms with Gasteiger partial charge in [-0.15, -0.1) is 0 Å². The van der Waals surface area contributed by atoms with Crippen molar-refractivity contribution in [2.75, 3.05) is 19.8 Å². The molecular weight excluding hydrogens is 676 g/mol. The van der Waals surface area contributed by atoms with Gasteiger partial charge < -0.3 is 39.4 Å². The summed E-state index contributed by atoms with van der Waals surface area (Å²) in [7, 11) is 0. The Hall–Kier alpha value is -1.82. The normalized spacial score (nSPS) is 21.1. The first-order chi connectivity index (χ1) is 25.8. The second-order valence-corrected chi connectivity index (χ2v) is 14.8. The Balaban J connectivity index is 2.35. The lowest BCUT2D eigenvalue weighted by Gasteiger charge is -2.39. The van der Waals surface area contributed by atoms with Crippen LogP contribution in [-0.4, -0.2) is 89.0 Å². The number of hydrogen-bond donors (Lipinski definition) is 4. The van der Waals surface area contributed by atoms with E-state index in [2.05, 4.69) is 38.2 Å². The molecule has 4 N–H and O–H groups in total. The van der Waals surface area contributed by atoms with Crippen LogP contribution in [0.5, 0.6) is 0 Å². The Morgan fingerprint density at radius 2 is 1.09 bits per heavy atom. The predicted molar refractivity (Wildman–Crippen MR) is 210 cm³/mol. The molecule has 0 aliphatic carbocycles. The molecule has 6 unspecified atom stereocenters. The van der Waals surface area contributed by atoms with E-state index in [4.69, 9.17) is 18.9 Å². The Kier molecular flexibility index (Phi) is 32.2. The Labute approximate surface area is 322 Å². The maximum absolute atomic E-state index is 12.7. The van der Waals surface area contributed by atoms with Crippen LogP contribution < -0.4 is 0 Å². The number of ether oxygens (including phenoxy) is 4. The first kappa shape index (κ1) is 49.2. The van der Waals surface area contributed by atoms with Gasteiger partial charge in [-0.2, -0.15) is 0 Å². The van der Waals surface area contributed by atoms with Crippen molar-refractivity contribution in [2.45, 2.75) is 218 Å². The largest absolute Gasteiger partial charge is 0.462 e. The zero-order valence-corrected chi connectivity index (χ0v) is 33.5. The molecule has 1 aliphatic heterocycles. The van der Waals surface area contributed by atoms with Gasteiger partial charge in [0.05, 0.1) is 13.2 Å². The van der Waals surface area contributed by atoms with Crippen LogP contribution in [0, 0.1) is 0 Å². The quantitative estimate of drug-likeness (QED) is 0.0281. The lowest BCUT2D eigenvalue weighted by Crippen LogP contribution is -2.59. The Morgan fingerprint density at radius 3 is 1.64 bits per heavy atom. The van der Waals surface area contributed by atoms with E-state index in [1.807, 2.05) is 0 Å². The van der Waals surface area contributed by atoms with Crippen molar-refractivity contribution >= 4 is 11.9 Å². The summed E-state index contributed by atoms with van der Waals surface area (Å²) in [6.07, 6.45) is 29.0. The number of rotatable bonds is 35. The SMILES string of the molecule is CCC/C=C\C/C=C\CCCCCCCC(=O)OC(COC(=O)CCCCCCCCCCCCCCCCC)COC1OC(CO)C(O)C(O)C1O. The van der Waals surface area contributed by atoms with Crippen molar-refractivity contribution in [3.05, 3.63) is 24.3 Å². The van der Waals surface area contributed by atoms with Crippen LogP contribution in [0.15, 0.2) is 24.3 Å². The summed E-state index contributed by atoms with van der Waals surface area (Å²) in [6, 6.07) is 0. The number of aliphatic hydroxyl groups is 4. The van der Waals surface area contributed by atoms with Gasteiger partial charge in [0.25, 0.3) is 0 Å². The molecule has 1 rings (SSSR count). The molecule has 1 saturated heterocycles. The van der Waals surface area contributed by atoms with Gasteiger partial charge in [0.2, 0.25) is 0 Å². The van der Waals surface area contributed by atoms with Crippen LogP contribution in [0.2, 0.25) is 0 Å². The molecule has 0 radical (unpaired) electrons. The van der Waals surface area contributed by atoms with Crippen molar-refractivity contribution in [1.82, 2.24) is 0 Å². The number of allylic oxidation sites excluding steroid dienone is 4. The van der Waals surface area contributed by atoms with Crippen LogP contribution in [0.1, 0.15) is 181 Å². The average Bonchev–Trinajstić information content (AvgIpc) is 3.15. The smallest absolute Gasteiger partial charge is 0.306 e. The molecular formula is C43H78O10. The van der Waals surface area contributed by atoms with Crippen molar-refractivity contribution in [1.29, 1.82) is 0 Å². The van der Waals surface area contributed by atoms with E-state index in [1.54, 1.807) is 0 Å². The number of aliphatic hydroxyl groups excluding tert-OH is 4. The summed E-state index contributed by atoms with van der Waals surface area (Å²) in [4.78, 5) is 25.2. The van der Waals surface area contributed by atoms with E-state index >= 15 is 0 Å². The van der Waals surface area contributed by atoms with Gasteiger partial charge in [-0.1, -0.05) is 154 Å². The molecule has 0 aromatic carbocycles. The third-order valence-electron chi connectivity index (χ3n) is 9.82. The molecule has 1 aliphatic rings. The number of hydrogen-bond acceptors (Lipinski definition) is 10. The number of carbonyl (C=O) groups is 2. The highest BCUT2D eigenvalue weighted by Gasteiger charge is 2.44. The summed E-state index contributed by atoms with van der Waals surface area (Å²) in [5, 5.41) is 40.0. The van der Waals surface area contributed by atoms with Crippen molar-refractivity contribution < 1.29 is 49.0 Å². The predicted octanol–water partition coefficient (Wildman–Crippen LogP) is 8.55. The Bertz CT molecular complexity index is 923. The van der Waals surface area contributed by atoms with Crippen molar-refractivity contribution in [2.24, 2.45) is 0 Å². The molecule has 6 atom stereocenters. The molecule has 10 nitrogen and oxygen atoms in total. The first-order valence-corrected chi connectivity index (χ1v) is 21.4. The lowest BCUT2D eigenvalue weighted by molar-refractivity contribution is -0.305. The minimum Gasteiger partial charge on any atom is -0.462 e. The average molecular weight is 755 g/mol. The maximum atomic E-state index is 12.7. The molecule has 0 aromatic heterocycles. The summed E-state index contributed by atoms with van der Waals surface area (Å²) < 4.78 is 22.1. The van der Waals surface area contributed by atoms with E-state index in [1.165, 1.54) is 83.5 Å². The molecule has 1 fully saturated rings. The zero-order chi connectivity index (χ0) is 38.8. The summed E-state index contributed by atoms with van der Waals surface area (Å²) in [6.45, 7) is 3.34. The molecule has 0 spiro atoms. The molecule has 10 heteroatoms. The molecule has 1 heterocycles. The topological polar surface area (TPSA) is 152 Å². The third-order valence-corrected chi connectivity index (χ3v) is 9.82. The molecule has 0 aromatic rings. The van der Waals surface area contributed by atoms with Gasteiger partial charge in [-0.3, -0.25) is 9.59 Å². The molecule has 53 heavy (non-hydrogen) atoms. The van der Waals surface area contributed by atoms with Gasteiger partial charge >= 0.3 is 11.9 Å². The minimum absolute atomic E-state index is 0.216. The van der Waals surface area contributed by atoms with E-state index in [0.717, 1.165) is 64.2 Å². The van der Waals surface area contributed by atoms with E-state index in [0.29, 0.717) is 6.42 Å². The van der Waals surface area contributed by atoms with Crippen LogP contribution >= 0.6 is 0 Å². The highest BCUT2D eigenvalue weighted by atomic mass is 16.7. The summed E-state index contributed by atoms with van der Waals surface area (Å²) >= 11 is 0. The van der Waals surface area contributed by atoms with Crippen LogP contribution in [0.4, 0.5) is 0 Å². The van der Waals surface area contributed by atoms with Crippen LogP contribution in [0.3, 0.4) is 0 Å². The third kappa shape index (κ3) is 26.6. The van der Waals surface area contributed by atoms with E-state index < -0.39 is 49.4 Å². The summed E-state index contributed by atoms with van der Waals surface area (Å²) in [5.74, 6) is -0.818. The van der Waals surface area contributed by atoms with Crippen molar-refractivity contribution in [3.8, 4) is 0 Å². The van der Waals surface area contributed by atoms with E-state index in [9.17, 15) is 30.0 Å². The van der Waals surface area contributed by atoms with Gasteiger partial charge in [-0.25, -0.2) is 0 Å². The molecule has 310 valence electrons. The van der Waals surface area contributed by atoms with Crippen LogP contribution in [-0.2, 0) is 28.5 Å². The number of unbranched alkanes of at least 4 members (excludes halogenated alkanes) is 20. The molecule has 0 bridgehead atoms. The molecule has 0 saturated carbocycles. The molecule has 0 amide bonds. The zero-order valence-electron chi connectivity index (χ0n) is 33.5. The maximum Gasteiger partial charge on any atom is 0.306 e. The van der Waals surface area contributed by atoms with Gasteiger partial charge in [0.1, 0.15) is 31.0 Å². The monoisotopic (exact) mass is 755 g/mol. The highest BCUT2D eigenvalue weighted by Crippen LogP contribution is 2.22.